The molecule has 2 saturated heterocycles. The van der Waals surface area contributed by atoms with Crippen LogP contribution in [0.25, 0.3) is 0 Å². The lowest BCUT2D eigenvalue weighted by Crippen LogP contribution is -2.44. The van der Waals surface area contributed by atoms with E-state index in [0.29, 0.717) is 22.5 Å². The van der Waals surface area contributed by atoms with Gasteiger partial charge in [0.15, 0.2) is 9.04 Å². The summed E-state index contributed by atoms with van der Waals surface area (Å²) in [5.41, 5.74) is 2.32. The molecule has 0 aliphatic carbocycles. The molecule has 0 radical (unpaired) electrons. The van der Waals surface area contributed by atoms with Gasteiger partial charge in [0.2, 0.25) is 5.96 Å². The number of halogens is 1. The van der Waals surface area contributed by atoms with Crippen molar-refractivity contribution in [2.75, 3.05) is 6.54 Å². The third-order valence-electron chi connectivity index (χ3n) is 5.54. The number of rotatable bonds is 3. The summed E-state index contributed by atoms with van der Waals surface area (Å²) in [6.07, 6.45) is 1.12. The Morgan fingerprint density at radius 2 is 2.07 bits per heavy atom. The molecule has 1 aromatic carbocycles. The van der Waals surface area contributed by atoms with Gasteiger partial charge in [0.1, 0.15) is 12.3 Å². The number of nitrogens with zero attached hydrogens (tertiary/aromatic N) is 3. The standard InChI is InChI=1S/C20H29ClN4OSi/c1-12-15(8-7-13(11-22)16(12)21)23-19-24-18(26-27(5)6)17-14(20(2,3)4)9-10-25(17)19/h7-8,14,17-18,27H,9-10H2,1-6H3,(H,23,24)/t14-,17+,18?/m0/s1. The lowest BCUT2D eigenvalue weighted by Gasteiger charge is -2.34. The maximum atomic E-state index is 9.16. The second-order valence-corrected chi connectivity index (χ2v) is 11.6. The normalized spacial score (nSPS) is 26.4. The van der Waals surface area contributed by atoms with Crippen molar-refractivity contribution in [1.29, 1.82) is 5.26 Å². The van der Waals surface area contributed by atoms with Crippen LogP contribution >= 0.6 is 11.6 Å². The maximum absolute atomic E-state index is 9.16. The topological polar surface area (TPSA) is 60.7 Å². The monoisotopic (exact) mass is 404 g/mol. The minimum Gasteiger partial charge on any atom is -0.399 e. The first-order valence-electron chi connectivity index (χ1n) is 9.60. The molecule has 0 aromatic heterocycles. The fourth-order valence-electron chi connectivity index (χ4n) is 4.18. The van der Waals surface area contributed by atoms with Crippen LogP contribution in [0.5, 0.6) is 0 Å². The zero-order valence-electron chi connectivity index (χ0n) is 17.0. The van der Waals surface area contributed by atoms with E-state index in [1.165, 1.54) is 0 Å². The molecular formula is C20H29ClN4OSi. The van der Waals surface area contributed by atoms with Crippen LogP contribution in [0, 0.1) is 29.6 Å². The minimum atomic E-state index is -1.20. The number of benzene rings is 1. The van der Waals surface area contributed by atoms with Crippen molar-refractivity contribution >= 4 is 32.3 Å². The summed E-state index contributed by atoms with van der Waals surface area (Å²) in [4.78, 5) is 7.25. The fourth-order valence-corrected chi connectivity index (χ4v) is 5.20. The number of fused-ring (bicyclic) bond motifs is 1. The van der Waals surface area contributed by atoms with E-state index >= 15 is 0 Å². The predicted molar refractivity (Wildman–Crippen MR) is 113 cm³/mol. The van der Waals surface area contributed by atoms with E-state index in [4.69, 9.17) is 26.3 Å². The number of guanidine groups is 1. The summed E-state index contributed by atoms with van der Waals surface area (Å²) in [6.45, 7) is 14.2. The highest BCUT2D eigenvalue weighted by Gasteiger charge is 2.51. The van der Waals surface area contributed by atoms with Crippen molar-refractivity contribution in [3.05, 3.63) is 28.3 Å². The summed E-state index contributed by atoms with van der Waals surface area (Å²) in [5.74, 6) is 1.40. The Morgan fingerprint density at radius 3 is 2.67 bits per heavy atom. The Bertz CT molecular complexity index is 796. The van der Waals surface area contributed by atoms with E-state index in [-0.39, 0.29) is 11.6 Å². The molecule has 1 N–H and O–H groups in total. The molecule has 1 aromatic rings. The number of nitrogens with one attached hydrogen (secondary N) is 1. The Hall–Kier alpha value is -1.55. The molecule has 7 heteroatoms. The summed E-state index contributed by atoms with van der Waals surface area (Å²) in [7, 11) is -1.20. The van der Waals surface area contributed by atoms with Crippen LogP contribution < -0.4 is 5.32 Å². The zero-order valence-corrected chi connectivity index (χ0v) is 18.9. The highest BCUT2D eigenvalue weighted by Crippen LogP contribution is 2.42. The minimum absolute atomic E-state index is 0.0173. The first kappa shape index (κ1) is 20.2. The molecule has 2 aliphatic rings. The van der Waals surface area contributed by atoms with E-state index < -0.39 is 9.04 Å². The first-order valence-corrected chi connectivity index (χ1v) is 12.8. The quantitative estimate of drug-likeness (QED) is 0.768. The van der Waals surface area contributed by atoms with Gasteiger partial charge in [-0.25, -0.2) is 4.99 Å². The van der Waals surface area contributed by atoms with Gasteiger partial charge in [0, 0.05) is 6.54 Å². The van der Waals surface area contributed by atoms with Crippen LogP contribution in [-0.4, -0.2) is 38.7 Å². The van der Waals surface area contributed by atoms with Gasteiger partial charge in [-0.05, 0) is 55.5 Å². The molecule has 0 amide bonds. The smallest absolute Gasteiger partial charge is 0.201 e. The maximum Gasteiger partial charge on any atom is 0.201 e. The van der Waals surface area contributed by atoms with Crippen LogP contribution in [0.3, 0.4) is 0 Å². The molecule has 0 spiro atoms. The number of aliphatic imine (C=N–C) groups is 1. The third kappa shape index (κ3) is 3.87. The van der Waals surface area contributed by atoms with Crippen LogP contribution in [0.4, 0.5) is 5.69 Å². The van der Waals surface area contributed by atoms with Crippen molar-refractivity contribution in [3.8, 4) is 6.07 Å². The molecular weight excluding hydrogens is 376 g/mol. The van der Waals surface area contributed by atoms with Gasteiger partial charge in [0.25, 0.3) is 0 Å². The van der Waals surface area contributed by atoms with E-state index in [9.17, 15) is 0 Å². The van der Waals surface area contributed by atoms with Gasteiger partial charge < -0.3 is 14.6 Å². The highest BCUT2D eigenvalue weighted by molar-refractivity contribution is 6.48. The van der Waals surface area contributed by atoms with Crippen LogP contribution in [0.2, 0.25) is 18.1 Å². The Labute approximate surface area is 169 Å². The van der Waals surface area contributed by atoms with Gasteiger partial charge in [-0.1, -0.05) is 32.4 Å². The second-order valence-electron chi connectivity index (χ2n) is 8.81. The Kier molecular flexibility index (Phi) is 5.58. The van der Waals surface area contributed by atoms with E-state index in [1.807, 2.05) is 13.0 Å². The average molecular weight is 405 g/mol. The van der Waals surface area contributed by atoms with Crippen LogP contribution in [0.15, 0.2) is 17.1 Å². The van der Waals surface area contributed by atoms with Crippen molar-refractivity contribution in [2.45, 2.75) is 59.5 Å². The molecule has 3 rings (SSSR count). The summed E-state index contributed by atoms with van der Waals surface area (Å²) >= 11 is 6.33. The predicted octanol–water partition coefficient (Wildman–Crippen LogP) is 4.17. The van der Waals surface area contributed by atoms with Gasteiger partial charge >= 0.3 is 0 Å². The number of hydrogen-bond acceptors (Lipinski definition) is 3. The number of hydrogen-bond donors (Lipinski definition) is 1. The van der Waals surface area contributed by atoms with E-state index in [1.54, 1.807) is 6.07 Å². The summed E-state index contributed by atoms with van der Waals surface area (Å²) in [6, 6.07) is 6.02. The molecule has 3 atom stereocenters. The van der Waals surface area contributed by atoms with Crippen LogP contribution in [0.1, 0.15) is 38.3 Å². The SMILES string of the molecule is Cc1c(N=C2NC(O[SiH](C)C)[C@H]3[C@@H](C(C)(C)C)CCN23)ccc(C#N)c1Cl. The second kappa shape index (κ2) is 7.46. The van der Waals surface area contributed by atoms with E-state index in [2.05, 4.69) is 50.2 Å². The molecule has 5 nitrogen and oxygen atoms in total. The van der Waals surface area contributed by atoms with Gasteiger partial charge in [-0.3, -0.25) is 0 Å². The Morgan fingerprint density at radius 1 is 1.37 bits per heavy atom. The third-order valence-corrected chi connectivity index (χ3v) is 6.87. The number of nitriles is 1. The molecule has 0 saturated carbocycles. The van der Waals surface area contributed by atoms with Crippen molar-refractivity contribution in [3.63, 3.8) is 0 Å². The lowest BCUT2D eigenvalue weighted by molar-refractivity contribution is 0.0840. The largest absolute Gasteiger partial charge is 0.399 e. The molecule has 2 fully saturated rings. The molecule has 2 heterocycles. The van der Waals surface area contributed by atoms with Crippen molar-refractivity contribution in [2.24, 2.45) is 16.3 Å². The van der Waals surface area contributed by atoms with Gasteiger partial charge in [-0.15, -0.1) is 0 Å². The van der Waals surface area contributed by atoms with Gasteiger partial charge in [-0.2, -0.15) is 5.26 Å². The molecule has 0 bridgehead atoms. The van der Waals surface area contributed by atoms with Crippen molar-refractivity contribution < 1.29 is 4.43 Å². The fraction of sp³-hybridized carbons (Fsp3) is 0.600. The highest BCUT2D eigenvalue weighted by atomic mass is 35.5. The van der Waals surface area contributed by atoms with Crippen LogP contribution in [-0.2, 0) is 4.43 Å². The lowest BCUT2D eigenvalue weighted by atomic mass is 9.76. The molecule has 1 unspecified atom stereocenters. The molecule has 27 heavy (non-hydrogen) atoms. The molecule has 2 aliphatic heterocycles. The Balaban J connectivity index is 1.97. The van der Waals surface area contributed by atoms with Gasteiger partial charge in [0.05, 0.1) is 22.3 Å². The zero-order chi connectivity index (χ0) is 19.9. The summed E-state index contributed by atoms with van der Waals surface area (Å²) < 4.78 is 6.35. The summed E-state index contributed by atoms with van der Waals surface area (Å²) in [5, 5.41) is 13.2. The van der Waals surface area contributed by atoms with E-state index in [0.717, 1.165) is 30.2 Å². The molecule has 146 valence electrons. The van der Waals surface area contributed by atoms with Crippen molar-refractivity contribution in [1.82, 2.24) is 10.2 Å². The average Bonchev–Trinajstić information content (AvgIpc) is 3.13. The first-order chi connectivity index (χ1) is 12.6.